The van der Waals surface area contributed by atoms with Gasteiger partial charge in [-0.1, -0.05) is 12.8 Å². The maximum absolute atomic E-state index is 9.36. The van der Waals surface area contributed by atoms with Crippen molar-refractivity contribution in [3.8, 4) is 17.3 Å². The highest BCUT2D eigenvalue weighted by molar-refractivity contribution is 5.63. The molecule has 1 atom stereocenters. The standard InChI is InChI=1S/C25H32N8O/c1-18-12-27-25(30-22-14-28-32(17-22)15-19-7-10-34-11-8-19)31-24(18)21-13-29-33(16-21)23(6-9-26)20-4-2-3-5-20/h12-14,16-17,19-20,23H,2-8,10-11,15H2,1H3,(H,27,30,31)/t23-/m1/s1. The second-order valence-corrected chi connectivity index (χ2v) is 9.54. The monoisotopic (exact) mass is 460 g/mol. The lowest BCUT2D eigenvalue weighted by Crippen LogP contribution is -2.20. The van der Waals surface area contributed by atoms with E-state index in [1.54, 1.807) is 0 Å². The third-order valence-electron chi connectivity index (χ3n) is 7.11. The van der Waals surface area contributed by atoms with Crippen LogP contribution in [0.25, 0.3) is 11.3 Å². The summed E-state index contributed by atoms with van der Waals surface area (Å²) in [7, 11) is 0. The number of nitriles is 1. The molecule has 9 nitrogen and oxygen atoms in total. The number of aromatic nitrogens is 6. The van der Waals surface area contributed by atoms with Crippen LogP contribution in [0, 0.1) is 30.1 Å². The molecule has 34 heavy (non-hydrogen) atoms. The summed E-state index contributed by atoms with van der Waals surface area (Å²) < 4.78 is 9.41. The Bertz CT molecular complexity index is 1130. The Hall–Kier alpha value is -3.25. The summed E-state index contributed by atoms with van der Waals surface area (Å²) in [6.07, 6.45) is 17.0. The van der Waals surface area contributed by atoms with Crippen molar-refractivity contribution in [3.05, 3.63) is 36.5 Å². The van der Waals surface area contributed by atoms with Gasteiger partial charge in [0.25, 0.3) is 0 Å². The van der Waals surface area contributed by atoms with E-state index in [0.29, 0.717) is 24.2 Å². The van der Waals surface area contributed by atoms with Gasteiger partial charge < -0.3 is 10.1 Å². The SMILES string of the molecule is Cc1cnc(Nc2cnn(CC3CCOCC3)c2)nc1-c1cnn([C@H](CC#N)C2CCCC2)c1. The first kappa shape index (κ1) is 22.5. The summed E-state index contributed by atoms with van der Waals surface area (Å²) in [5, 5.41) is 21.8. The number of nitrogens with zero attached hydrogens (tertiary/aromatic N) is 7. The van der Waals surface area contributed by atoms with Crippen molar-refractivity contribution in [1.82, 2.24) is 29.5 Å². The summed E-state index contributed by atoms with van der Waals surface area (Å²) in [6.45, 7) is 4.58. The summed E-state index contributed by atoms with van der Waals surface area (Å²) in [5.74, 6) is 1.66. The van der Waals surface area contributed by atoms with Gasteiger partial charge in [0.2, 0.25) is 5.95 Å². The van der Waals surface area contributed by atoms with E-state index in [4.69, 9.17) is 9.72 Å². The molecule has 2 fully saturated rings. The van der Waals surface area contributed by atoms with E-state index in [1.165, 1.54) is 25.7 Å². The maximum Gasteiger partial charge on any atom is 0.227 e. The minimum Gasteiger partial charge on any atom is -0.381 e. The summed E-state index contributed by atoms with van der Waals surface area (Å²) >= 11 is 0. The van der Waals surface area contributed by atoms with Crippen molar-refractivity contribution in [2.75, 3.05) is 18.5 Å². The van der Waals surface area contributed by atoms with Crippen LogP contribution in [-0.4, -0.2) is 42.7 Å². The normalized spacial score (nSPS) is 18.1. The van der Waals surface area contributed by atoms with Gasteiger partial charge in [-0.15, -0.1) is 0 Å². The van der Waals surface area contributed by atoms with Crippen molar-refractivity contribution >= 4 is 11.6 Å². The van der Waals surface area contributed by atoms with Crippen molar-refractivity contribution in [1.29, 1.82) is 5.26 Å². The number of anilines is 2. The zero-order valence-corrected chi connectivity index (χ0v) is 19.7. The molecule has 0 amide bonds. The highest BCUT2D eigenvalue weighted by Gasteiger charge is 2.27. The van der Waals surface area contributed by atoms with Gasteiger partial charge in [-0.2, -0.15) is 15.5 Å². The molecule has 3 aromatic heterocycles. The van der Waals surface area contributed by atoms with Crippen LogP contribution in [0.3, 0.4) is 0 Å². The molecule has 2 aliphatic rings. The van der Waals surface area contributed by atoms with Crippen molar-refractivity contribution in [3.63, 3.8) is 0 Å². The zero-order chi connectivity index (χ0) is 23.3. The Morgan fingerprint density at radius 3 is 2.74 bits per heavy atom. The Morgan fingerprint density at radius 1 is 1.12 bits per heavy atom. The van der Waals surface area contributed by atoms with Crippen LogP contribution in [0.4, 0.5) is 11.6 Å². The van der Waals surface area contributed by atoms with Crippen LogP contribution >= 0.6 is 0 Å². The molecule has 0 bridgehead atoms. The fraction of sp³-hybridized carbons (Fsp3) is 0.560. The highest BCUT2D eigenvalue weighted by atomic mass is 16.5. The molecule has 178 valence electrons. The summed E-state index contributed by atoms with van der Waals surface area (Å²) in [6, 6.07) is 2.48. The number of hydrogen-bond donors (Lipinski definition) is 1. The summed E-state index contributed by atoms with van der Waals surface area (Å²) in [5.41, 5.74) is 3.64. The van der Waals surface area contributed by atoms with Gasteiger partial charge in [-0.3, -0.25) is 9.36 Å². The third-order valence-corrected chi connectivity index (χ3v) is 7.11. The largest absolute Gasteiger partial charge is 0.381 e. The molecule has 5 rings (SSSR count). The van der Waals surface area contributed by atoms with Crippen LogP contribution in [0.15, 0.2) is 31.0 Å². The minimum absolute atomic E-state index is 0.127. The average Bonchev–Trinajstić information content (AvgIpc) is 3.62. The van der Waals surface area contributed by atoms with Crippen LogP contribution < -0.4 is 5.32 Å². The first-order valence-corrected chi connectivity index (χ1v) is 12.3. The van der Waals surface area contributed by atoms with E-state index < -0.39 is 0 Å². The van der Waals surface area contributed by atoms with Gasteiger partial charge in [-0.05, 0) is 50.0 Å². The fourth-order valence-corrected chi connectivity index (χ4v) is 5.20. The molecular weight excluding hydrogens is 428 g/mol. The molecule has 0 spiro atoms. The van der Waals surface area contributed by atoms with Gasteiger partial charge in [0.05, 0.1) is 42.3 Å². The van der Waals surface area contributed by atoms with E-state index in [0.717, 1.165) is 55.1 Å². The fourth-order valence-electron chi connectivity index (χ4n) is 5.20. The van der Waals surface area contributed by atoms with Gasteiger partial charge in [-0.25, -0.2) is 9.97 Å². The Labute approximate surface area is 200 Å². The molecule has 1 aliphatic heterocycles. The lowest BCUT2D eigenvalue weighted by Gasteiger charge is -2.21. The molecule has 9 heteroatoms. The second kappa shape index (κ2) is 10.3. The first-order chi connectivity index (χ1) is 16.7. The molecule has 0 radical (unpaired) electrons. The van der Waals surface area contributed by atoms with E-state index in [9.17, 15) is 5.26 Å². The van der Waals surface area contributed by atoms with Crippen molar-refractivity contribution < 1.29 is 4.74 Å². The zero-order valence-electron chi connectivity index (χ0n) is 19.7. The Balaban J connectivity index is 1.30. The van der Waals surface area contributed by atoms with Gasteiger partial charge in [0.15, 0.2) is 0 Å². The smallest absolute Gasteiger partial charge is 0.227 e. The van der Waals surface area contributed by atoms with Crippen LogP contribution in [0.5, 0.6) is 0 Å². The quantitative estimate of drug-likeness (QED) is 0.521. The molecule has 1 aliphatic carbocycles. The lowest BCUT2D eigenvalue weighted by atomic mass is 9.96. The van der Waals surface area contributed by atoms with Crippen LogP contribution in [0.2, 0.25) is 0 Å². The highest BCUT2D eigenvalue weighted by Crippen LogP contribution is 2.36. The molecule has 0 aromatic carbocycles. The molecule has 1 saturated carbocycles. The number of ether oxygens (including phenoxy) is 1. The minimum atomic E-state index is 0.127. The molecule has 4 heterocycles. The molecule has 3 aromatic rings. The lowest BCUT2D eigenvalue weighted by molar-refractivity contribution is 0.0601. The van der Waals surface area contributed by atoms with E-state index >= 15 is 0 Å². The first-order valence-electron chi connectivity index (χ1n) is 12.3. The predicted molar refractivity (Wildman–Crippen MR) is 128 cm³/mol. The average molecular weight is 461 g/mol. The molecule has 0 unspecified atom stereocenters. The van der Waals surface area contributed by atoms with Crippen molar-refractivity contribution in [2.45, 2.75) is 64.5 Å². The predicted octanol–water partition coefficient (Wildman–Crippen LogP) is 4.66. The van der Waals surface area contributed by atoms with E-state index in [1.807, 2.05) is 47.3 Å². The van der Waals surface area contributed by atoms with Crippen molar-refractivity contribution in [2.24, 2.45) is 11.8 Å². The molecular formula is C25H32N8O. The van der Waals surface area contributed by atoms with E-state index in [2.05, 4.69) is 26.6 Å². The summed E-state index contributed by atoms with van der Waals surface area (Å²) in [4.78, 5) is 9.26. The number of nitrogens with one attached hydrogen (secondary N) is 1. The van der Waals surface area contributed by atoms with Crippen LogP contribution in [0.1, 0.15) is 56.6 Å². The number of rotatable bonds is 8. The topological polar surface area (TPSA) is 106 Å². The number of hydrogen-bond acceptors (Lipinski definition) is 7. The molecule has 1 saturated heterocycles. The third kappa shape index (κ3) is 5.12. The maximum atomic E-state index is 9.36. The number of aryl methyl sites for hydroxylation is 1. The van der Waals surface area contributed by atoms with Gasteiger partial charge in [0, 0.05) is 43.9 Å². The van der Waals surface area contributed by atoms with E-state index in [-0.39, 0.29) is 6.04 Å². The Morgan fingerprint density at radius 2 is 1.94 bits per heavy atom. The second-order valence-electron chi connectivity index (χ2n) is 9.54. The molecule has 1 N–H and O–H groups in total. The van der Waals surface area contributed by atoms with Gasteiger partial charge >= 0.3 is 0 Å². The van der Waals surface area contributed by atoms with Gasteiger partial charge in [0.1, 0.15) is 0 Å². The van der Waals surface area contributed by atoms with Crippen LogP contribution in [-0.2, 0) is 11.3 Å². The Kier molecular flexibility index (Phi) is 6.86.